The summed E-state index contributed by atoms with van der Waals surface area (Å²) >= 11 is 0. The molecule has 0 spiro atoms. The summed E-state index contributed by atoms with van der Waals surface area (Å²) in [4.78, 5) is 21.7. The smallest absolute Gasteiger partial charge is 0.372 e. The maximum atomic E-state index is 11.0. The molecule has 1 aromatic rings. The summed E-state index contributed by atoms with van der Waals surface area (Å²) in [5, 5.41) is 14.8. The number of furan rings is 1. The highest BCUT2D eigenvalue weighted by Gasteiger charge is 2.20. The number of hydrogen-bond acceptors (Lipinski definition) is 4. The predicted molar refractivity (Wildman–Crippen MR) is 58.5 cm³/mol. The topological polar surface area (TPSA) is 91.6 Å². The first-order chi connectivity index (χ1) is 8.16. The lowest BCUT2D eigenvalue weighted by Crippen LogP contribution is -2.35. The largest absolute Gasteiger partial charge is 0.475 e. The monoisotopic (exact) mass is 238 g/mol. The van der Waals surface area contributed by atoms with Gasteiger partial charge in [0.1, 0.15) is 0 Å². The number of carbonyl (C=O) groups excluding carboxylic acids is 1. The van der Waals surface area contributed by atoms with E-state index < -0.39 is 5.97 Å². The Morgan fingerprint density at radius 2 is 2.47 bits per heavy atom. The average molecular weight is 238 g/mol. The number of nitrogens with one attached hydrogen (secondary N) is 2. The molecule has 92 valence electrons. The van der Waals surface area contributed by atoms with E-state index in [1.54, 1.807) is 6.07 Å². The van der Waals surface area contributed by atoms with Gasteiger partial charge in [0, 0.05) is 31.1 Å². The van der Waals surface area contributed by atoms with Crippen LogP contribution in [-0.4, -0.2) is 29.6 Å². The van der Waals surface area contributed by atoms with Crippen molar-refractivity contribution in [2.45, 2.75) is 25.4 Å². The molecule has 0 radical (unpaired) electrons. The van der Waals surface area contributed by atoms with Crippen LogP contribution in [0, 0.1) is 0 Å². The molecule has 17 heavy (non-hydrogen) atoms. The Balaban J connectivity index is 1.80. The quantitative estimate of drug-likeness (QED) is 0.688. The third-order valence-electron chi connectivity index (χ3n) is 2.73. The lowest BCUT2D eigenvalue weighted by molar-refractivity contribution is -0.119. The number of carboxylic acids is 1. The van der Waals surface area contributed by atoms with Crippen molar-refractivity contribution >= 4 is 11.9 Å². The Morgan fingerprint density at radius 3 is 3.12 bits per heavy atom. The number of rotatable bonds is 5. The molecule has 6 nitrogen and oxygen atoms in total. The van der Waals surface area contributed by atoms with E-state index in [9.17, 15) is 9.59 Å². The van der Waals surface area contributed by atoms with Crippen molar-refractivity contribution in [2.24, 2.45) is 0 Å². The molecule has 6 heteroatoms. The van der Waals surface area contributed by atoms with Crippen molar-refractivity contribution in [3.8, 4) is 0 Å². The molecule has 1 aliphatic heterocycles. The van der Waals surface area contributed by atoms with Gasteiger partial charge in [-0.2, -0.15) is 0 Å². The molecular formula is C11H14N2O4. The first-order valence-corrected chi connectivity index (χ1v) is 5.46. The fourth-order valence-corrected chi connectivity index (χ4v) is 1.87. The van der Waals surface area contributed by atoms with Crippen molar-refractivity contribution in [1.29, 1.82) is 0 Å². The number of carboxylic acid groups (broad SMARTS) is 1. The van der Waals surface area contributed by atoms with Gasteiger partial charge in [0.25, 0.3) is 0 Å². The zero-order valence-electron chi connectivity index (χ0n) is 9.23. The Labute approximate surface area is 98.0 Å². The maximum absolute atomic E-state index is 11.0. The van der Waals surface area contributed by atoms with Crippen molar-refractivity contribution < 1.29 is 19.1 Å². The first-order valence-electron chi connectivity index (χ1n) is 5.46. The SMILES string of the molecule is O=C1CCC(CNCc2ccoc2C(=O)O)N1. The van der Waals surface area contributed by atoms with Gasteiger partial charge < -0.3 is 20.2 Å². The van der Waals surface area contributed by atoms with E-state index >= 15 is 0 Å². The van der Waals surface area contributed by atoms with Gasteiger partial charge in [-0.25, -0.2) is 4.79 Å². The van der Waals surface area contributed by atoms with Gasteiger partial charge in [-0.15, -0.1) is 0 Å². The van der Waals surface area contributed by atoms with Crippen LogP contribution >= 0.6 is 0 Å². The van der Waals surface area contributed by atoms with E-state index in [1.165, 1.54) is 6.26 Å². The normalized spacial score (nSPS) is 19.3. The van der Waals surface area contributed by atoms with Gasteiger partial charge in [0.2, 0.25) is 11.7 Å². The number of amides is 1. The molecule has 0 saturated carbocycles. The van der Waals surface area contributed by atoms with Gasteiger partial charge in [-0.05, 0) is 12.5 Å². The van der Waals surface area contributed by atoms with E-state index in [4.69, 9.17) is 9.52 Å². The highest BCUT2D eigenvalue weighted by atomic mass is 16.4. The van der Waals surface area contributed by atoms with Crippen LogP contribution in [0.1, 0.15) is 29.0 Å². The second kappa shape index (κ2) is 5.01. The van der Waals surface area contributed by atoms with Crippen LogP contribution < -0.4 is 10.6 Å². The van der Waals surface area contributed by atoms with E-state index in [0.29, 0.717) is 25.1 Å². The molecule has 0 bridgehead atoms. The molecule has 1 unspecified atom stereocenters. The molecule has 1 atom stereocenters. The van der Waals surface area contributed by atoms with Crippen molar-refractivity contribution in [2.75, 3.05) is 6.54 Å². The fraction of sp³-hybridized carbons (Fsp3) is 0.455. The maximum Gasteiger partial charge on any atom is 0.372 e. The molecule has 1 fully saturated rings. The average Bonchev–Trinajstić information content (AvgIpc) is 2.87. The van der Waals surface area contributed by atoms with Crippen molar-refractivity contribution in [1.82, 2.24) is 10.6 Å². The number of carbonyl (C=O) groups is 2. The molecule has 1 aliphatic rings. The summed E-state index contributed by atoms with van der Waals surface area (Å²) in [6.07, 6.45) is 2.75. The van der Waals surface area contributed by atoms with Crippen LogP contribution in [0.15, 0.2) is 16.7 Å². The second-order valence-electron chi connectivity index (χ2n) is 4.01. The van der Waals surface area contributed by atoms with Gasteiger partial charge in [0.05, 0.1) is 6.26 Å². The molecule has 1 aromatic heterocycles. The van der Waals surface area contributed by atoms with Crippen LogP contribution in [0.25, 0.3) is 0 Å². The summed E-state index contributed by atoms with van der Waals surface area (Å²) < 4.78 is 4.86. The third-order valence-corrected chi connectivity index (χ3v) is 2.73. The summed E-state index contributed by atoms with van der Waals surface area (Å²) in [5.74, 6) is -1.03. The summed E-state index contributed by atoms with van der Waals surface area (Å²) in [5.41, 5.74) is 0.613. The zero-order valence-corrected chi connectivity index (χ0v) is 9.23. The number of aromatic carboxylic acids is 1. The predicted octanol–water partition coefficient (Wildman–Crippen LogP) is 0.346. The van der Waals surface area contributed by atoms with Crippen LogP contribution in [-0.2, 0) is 11.3 Å². The van der Waals surface area contributed by atoms with E-state index in [-0.39, 0.29) is 17.7 Å². The highest BCUT2D eigenvalue weighted by Crippen LogP contribution is 2.10. The van der Waals surface area contributed by atoms with Crippen LogP contribution in [0.4, 0.5) is 0 Å². The van der Waals surface area contributed by atoms with Crippen molar-refractivity contribution in [3.05, 3.63) is 23.7 Å². The van der Waals surface area contributed by atoms with E-state index in [2.05, 4.69) is 10.6 Å². The molecule has 2 heterocycles. The van der Waals surface area contributed by atoms with Gasteiger partial charge >= 0.3 is 5.97 Å². The van der Waals surface area contributed by atoms with Gasteiger partial charge in [-0.3, -0.25) is 4.79 Å². The van der Waals surface area contributed by atoms with E-state index in [1.807, 2.05) is 0 Å². The zero-order chi connectivity index (χ0) is 12.3. The Morgan fingerprint density at radius 1 is 1.65 bits per heavy atom. The van der Waals surface area contributed by atoms with Crippen LogP contribution in [0.2, 0.25) is 0 Å². The minimum atomic E-state index is -1.07. The molecule has 1 saturated heterocycles. The second-order valence-corrected chi connectivity index (χ2v) is 4.01. The summed E-state index contributed by atoms with van der Waals surface area (Å²) in [6.45, 7) is 1.06. The van der Waals surface area contributed by atoms with Crippen LogP contribution in [0.3, 0.4) is 0 Å². The Hall–Kier alpha value is -1.82. The molecular weight excluding hydrogens is 224 g/mol. The molecule has 3 N–H and O–H groups in total. The lowest BCUT2D eigenvalue weighted by atomic mass is 10.2. The Bertz CT molecular complexity index is 427. The minimum Gasteiger partial charge on any atom is -0.475 e. The Kier molecular flexibility index (Phi) is 3.43. The number of hydrogen-bond donors (Lipinski definition) is 3. The van der Waals surface area contributed by atoms with Crippen LogP contribution in [0.5, 0.6) is 0 Å². The first kappa shape index (κ1) is 11.7. The lowest BCUT2D eigenvalue weighted by Gasteiger charge is -2.10. The molecule has 0 aliphatic carbocycles. The molecule has 0 aromatic carbocycles. The molecule has 1 amide bonds. The fourth-order valence-electron chi connectivity index (χ4n) is 1.87. The highest BCUT2D eigenvalue weighted by molar-refractivity contribution is 5.86. The van der Waals surface area contributed by atoms with E-state index in [0.717, 1.165) is 6.42 Å². The van der Waals surface area contributed by atoms with Gasteiger partial charge in [0.15, 0.2) is 0 Å². The van der Waals surface area contributed by atoms with Crippen molar-refractivity contribution in [3.63, 3.8) is 0 Å². The minimum absolute atomic E-state index is 0.0343. The van der Waals surface area contributed by atoms with Gasteiger partial charge in [-0.1, -0.05) is 0 Å². The summed E-state index contributed by atoms with van der Waals surface area (Å²) in [7, 11) is 0. The summed E-state index contributed by atoms with van der Waals surface area (Å²) in [6, 6.07) is 1.77. The third kappa shape index (κ3) is 2.85. The molecule has 2 rings (SSSR count). The standard InChI is InChI=1S/C11H14N2O4/c14-9-2-1-8(13-9)6-12-5-7-3-4-17-10(7)11(15)16/h3-4,8,12H,1-2,5-6H2,(H,13,14)(H,15,16).